The highest BCUT2D eigenvalue weighted by Crippen LogP contribution is 2.50. The molecule has 0 spiro atoms. The Hall–Kier alpha value is -11.2. The summed E-state index contributed by atoms with van der Waals surface area (Å²) >= 11 is 3.86. The number of benzene rings is 14. The molecule has 446 valence electrons. The summed E-state index contributed by atoms with van der Waals surface area (Å²) in [5, 5.41) is 11.4. The van der Waals surface area contributed by atoms with Crippen LogP contribution in [-0.4, -0.2) is 4.57 Å². The van der Waals surface area contributed by atoms with Crippen LogP contribution in [0.25, 0.3) is 174 Å². The van der Waals surface area contributed by atoms with E-state index in [9.17, 15) is 0 Å². The molecule has 0 amide bonds. The van der Waals surface area contributed by atoms with Crippen LogP contribution in [0.15, 0.2) is 327 Å². The molecule has 0 radical (unpaired) electrons. The van der Waals surface area contributed by atoms with E-state index in [1.807, 2.05) is 22.7 Å². The van der Waals surface area contributed by atoms with Gasteiger partial charge in [0.25, 0.3) is 0 Å². The van der Waals surface area contributed by atoms with Gasteiger partial charge in [0.2, 0.25) is 0 Å². The highest BCUT2D eigenvalue weighted by Gasteiger charge is 2.26. The van der Waals surface area contributed by atoms with Crippen molar-refractivity contribution in [2.45, 2.75) is 19.3 Å². The second-order valence-corrected chi connectivity index (χ2v) is 27.7. The predicted molar refractivity (Wildman–Crippen MR) is 410 cm³/mol. The first-order chi connectivity index (χ1) is 47.1. The molecule has 14 aromatic carbocycles. The first kappa shape index (κ1) is 55.4. The third-order valence-electron chi connectivity index (χ3n) is 20.2. The first-order valence-electron chi connectivity index (χ1n) is 33.2. The van der Waals surface area contributed by atoms with Crippen LogP contribution in [0.5, 0.6) is 0 Å². The van der Waals surface area contributed by atoms with Crippen LogP contribution in [0.4, 0.5) is 0 Å². The predicted octanol–water partition coefficient (Wildman–Crippen LogP) is 26.5. The van der Waals surface area contributed by atoms with Crippen LogP contribution in [0.1, 0.15) is 23.3 Å². The quantitative estimate of drug-likeness (QED) is 0.120. The molecule has 3 aromatic heterocycles. The number of hydrogen-bond donors (Lipinski definition) is 0. The standard InChI is InChI=1S/C92H61NS2/c1-7-21-58(22-8-1)66-40-47-87-80(49-66)83-56-70(60-25-11-3-12-26-60)54-76(91(83)94-87)68-38-45-85-78(52-68)79-53-69(77-55-71(61-27-13-4-14-28-61)57-84-81-50-67(59-23-9-2-10-24-59)41-48-88(81)95-92(77)84)39-46-86(79)93(85)72-42-35-62(36-43-72)65-37-44-75-82(51-65)90(64-31-17-6-18-32-64)74-34-20-19-33-73(74)89(75)63-29-15-5-16-30-63/h1,3-9,11-49,51-57,67H,2,10,50H2. The summed E-state index contributed by atoms with van der Waals surface area (Å²) in [5.74, 6) is 0.370. The zero-order valence-corrected chi connectivity index (χ0v) is 53.8. The molecule has 95 heavy (non-hydrogen) atoms. The molecule has 19 rings (SSSR count). The van der Waals surface area contributed by atoms with Gasteiger partial charge in [-0.2, -0.15) is 0 Å². The van der Waals surface area contributed by atoms with Crippen molar-refractivity contribution < 1.29 is 0 Å². The third-order valence-corrected chi connectivity index (χ3v) is 22.6. The Kier molecular flexibility index (Phi) is 13.3. The van der Waals surface area contributed by atoms with Gasteiger partial charge in [-0.3, -0.25) is 0 Å². The molecule has 0 bridgehead atoms. The Morgan fingerprint density at radius 2 is 0.758 bits per heavy atom. The molecule has 0 saturated heterocycles. The first-order valence-corrected chi connectivity index (χ1v) is 34.8. The Morgan fingerprint density at radius 1 is 0.305 bits per heavy atom. The number of thiophene rings is 2. The molecule has 3 heterocycles. The minimum atomic E-state index is 0.370. The van der Waals surface area contributed by atoms with E-state index in [4.69, 9.17) is 0 Å². The number of nitrogens with zero attached hydrogens (tertiary/aromatic N) is 1. The Bertz CT molecular complexity index is 6000. The number of hydrogen-bond acceptors (Lipinski definition) is 2. The van der Waals surface area contributed by atoms with Crippen LogP contribution in [0.2, 0.25) is 0 Å². The molecule has 1 atom stereocenters. The Labute approximate surface area is 560 Å². The van der Waals surface area contributed by atoms with E-state index in [-0.39, 0.29) is 0 Å². The highest BCUT2D eigenvalue weighted by atomic mass is 32.1. The van der Waals surface area contributed by atoms with Gasteiger partial charge in [0, 0.05) is 63.3 Å². The van der Waals surface area contributed by atoms with E-state index >= 15 is 0 Å². The van der Waals surface area contributed by atoms with Crippen LogP contribution in [0.3, 0.4) is 0 Å². The van der Waals surface area contributed by atoms with Crippen molar-refractivity contribution in [2.24, 2.45) is 5.92 Å². The number of fused-ring (bicyclic) bond motifs is 11. The van der Waals surface area contributed by atoms with Gasteiger partial charge in [0.15, 0.2) is 0 Å². The number of aromatic nitrogens is 1. The third kappa shape index (κ3) is 9.48. The molecule has 0 fully saturated rings. The molecular weight excluding hydrogens is 1180 g/mol. The fourth-order valence-corrected chi connectivity index (χ4v) is 18.0. The van der Waals surface area contributed by atoms with E-state index in [2.05, 4.69) is 332 Å². The van der Waals surface area contributed by atoms with Crippen LogP contribution in [-0.2, 0) is 6.42 Å². The maximum absolute atomic E-state index is 2.51. The SMILES string of the molecule is C1=CC(C2C=Cc3sc4c(-c5ccc6c(c5)c5cc(-c7cc(-c8ccccc8)cc8c7sc7ccc(-c9ccccc9)cc78)ccc5n6-c5ccc(-c6ccc7c(-c8ccccc8)c8ccccc8c(-c8ccccc8)c7c6)cc5)cc(-c5ccccc5)cc4c3C2)=CCC1. The fraction of sp³-hybridized carbons (Fsp3) is 0.0435. The molecule has 1 nitrogen and oxygen atoms in total. The minimum Gasteiger partial charge on any atom is -0.309 e. The maximum atomic E-state index is 2.51. The summed E-state index contributed by atoms with van der Waals surface area (Å²) in [4.78, 5) is 1.38. The lowest BCUT2D eigenvalue weighted by atomic mass is 9.84. The molecule has 1 unspecified atom stereocenters. The van der Waals surface area contributed by atoms with E-state index in [0.29, 0.717) is 5.92 Å². The summed E-state index contributed by atoms with van der Waals surface area (Å²) < 4.78 is 6.44. The molecule has 2 aliphatic carbocycles. The second kappa shape index (κ2) is 22.8. The normalized spacial score (nSPS) is 13.9. The van der Waals surface area contributed by atoms with Gasteiger partial charge in [-0.1, -0.05) is 243 Å². The van der Waals surface area contributed by atoms with Crippen LogP contribution < -0.4 is 0 Å². The lowest BCUT2D eigenvalue weighted by Crippen LogP contribution is -2.08. The summed E-state index contributed by atoms with van der Waals surface area (Å²) in [6, 6.07) is 111. The fourth-order valence-electron chi connectivity index (χ4n) is 15.6. The zero-order chi connectivity index (χ0) is 62.5. The van der Waals surface area contributed by atoms with E-state index < -0.39 is 0 Å². The van der Waals surface area contributed by atoms with Gasteiger partial charge in [-0.25, -0.2) is 0 Å². The van der Waals surface area contributed by atoms with Crippen molar-refractivity contribution in [3.8, 4) is 94.7 Å². The summed E-state index contributed by atoms with van der Waals surface area (Å²) in [6.45, 7) is 0. The van der Waals surface area contributed by atoms with Crippen molar-refractivity contribution in [3.63, 3.8) is 0 Å². The largest absolute Gasteiger partial charge is 0.309 e. The van der Waals surface area contributed by atoms with Crippen molar-refractivity contribution in [3.05, 3.63) is 338 Å². The van der Waals surface area contributed by atoms with Crippen molar-refractivity contribution in [2.75, 3.05) is 0 Å². The summed E-state index contributed by atoms with van der Waals surface area (Å²) in [7, 11) is 0. The Morgan fingerprint density at radius 3 is 1.34 bits per heavy atom. The van der Waals surface area contributed by atoms with Crippen molar-refractivity contribution >= 4 is 102 Å². The van der Waals surface area contributed by atoms with Crippen molar-refractivity contribution in [1.29, 1.82) is 0 Å². The lowest BCUT2D eigenvalue weighted by Gasteiger charge is -2.20. The van der Waals surface area contributed by atoms with Gasteiger partial charge in [0.1, 0.15) is 0 Å². The summed E-state index contributed by atoms with van der Waals surface area (Å²) in [5.41, 5.74) is 26.0. The molecular formula is C92H61NS2. The molecule has 2 aliphatic rings. The molecule has 0 saturated carbocycles. The van der Waals surface area contributed by atoms with Gasteiger partial charge in [-0.05, 0) is 220 Å². The smallest absolute Gasteiger partial charge is 0.0541 e. The highest BCUT2D eigenvalue weighted by molar-refractivity contribution is 7.26. The van der Waals surface area contributed by atoms with Gasteiger partial charge < -0.3 is 4.57 Å². The van der Waals surface area contributed by atoms with Gasteiger partial charge in [0.05, 0.1) is 11.0 Å². The van der Waals surface area contributed by atoms with E-state index in [1.54, 1.807) is 0 Å². The Balaban J connectivity index is 0.810. The van der Waals surface area contributed by atoms with Gasteiger partial charge >= 0.3 is 0 Å². The monoisotopic (exact) mass is 1240 g/mol. The average Bonchev–Trinajstić information content (AvgIpc) is 1.72. The number of allylic oxidation sites excluding steroid dienone is 5. The summed E-state index contributed by atoms with van der Waals surface area (Å²) in [6.07, 6.45) is 15.3. The number of rotatable bonds is 10. The topological polar surface area (TPSA) is 4.93 Å². The average molecular weight is 1240 g/mol. The molecule has 3 heteroatoms. The minimum absolute atomic E-state index is 0.370. The van der Waals surface area contributed by atoms with E-state index in [1.165, 1.54) is 179 Å². The zero-order valence-electron chi connectivity index (χ0n) is 52.1. The maximum Gasteiger partial charge on any atom is 0.0541 e. The van der Waals surface area contributed by atoms with Gasteiger partial charge in [-0.15, -0.1) is 22.7 Å². The van der Waals surface area contributed by atoms with Crippen molar-refractivity contribution in [1.82, 2.24) is 4.57 Å². The van der Waals surface area contributed by atoms with E-state index in [0.717, 1.165) is 24.9 Å². The van der Waals surface area contributed by atoms with Crippen LogP contribution >= 0.6 is 22.7 Å². The molecule has 17 aromatic rings. The van der Waals surface area contributed by atoms with Crippen LogP contribution in [0, 0.1) is 5.92 Å². The molecule has 0 N–H and O–H groups in total. The second-order valence-electron chi connectivity index (χ2n) is 25.6. The lowest BCUT2D eigenvalue weighted by molar-refractivity contribution is 0.758. The molecule has 0 aliphatic heterocycles.